The van der Waals surface area contributed by atoms with Crippen LogP contribution < -0.4 is 34.5 Å². The average molecular weight is 526 g/mol. The lowest BCUT2D eigenvalue weighted by Gasteiger charge is -2.21. The molecule has 2 aromatic rings. The van der Waals surface area contributed by atoms with Crippen LogP contribution in [0.15, 0.2) is 41.3 Å². The number of hydrazine groups is 1. The summed E-state index contributed by atoms with van der Waals surface area (Å²) in [5.74, 6) is 0.726. The normalized spacial score (nSPS) is 13.5. The van der Waals surface area contributed by atoms with Gasteiger partial charge in [0.1, 0.15) is 19.3 Å². The highest BCUT2D eigenvalue weighted by atomic mass is 32.2. The zero-order valence-electron chi connectivity index (χ0n) is 19.5. The molecule has 0 saturated carbocycles. The third kappa shape index (κ3) is 6.71. The van der Waals surface area contributed by atoms with Crippen molar-refractivity contribution in [1.29, 1.82) is 0 Å². The number of amides is 2. The van der Waals surface area contributed by atoms with Crippen LogP contribution in [0.4, 0.5) is 0 Å². The smallest absolute Gasteiger partial charge is 0.269 e. The van der Waals surface area contributed by atoms with E-state index in [1.807, 2.05) is 6.26 Å². The van der Waals surface area contributed by atoms with Crippen molar-refractivity contribution < 1.29 is 37.0 Å². The Balaban J connectivity index is 1.69. The first-order chi connectivity index (χ1) is 16.8. The van der Waals surface area contributed by atoms with Gasteiger partial charge in [0.25, 0.3) is 11.8 Å². The second-order valence-electron chi connectivity index (χ2n) is 7.27. The van der Waals surface area contributed by atoms with Crippen molar-refractivity contribution in [3.8, 4) is 23.0 Å². The average Bonchev–Trinajstić information content (AvgIpc) is 2.88. The number of rotatable bonds is 10. The maximum absolute atomic E-state index is 13.0. The Morgan fingerprint density at radius 3 is 2.40 bits per heavy atom. The molecular formula is C22H27N3O8S2. The molecule has 1 atom stereocenters. The molecule has 0 spiro atoms. The molecule has 0 bridgehead atoms. The van der Waals surface area contributed by atoms with Gasteiger partial charge >= 0.3 is 0 Å². The van der Waals surface area contributed by atoms with E-state index in [1.165, 1.54) is 56.3 Å². The molecule has 190 valence electrons. The molecule has 2 aromatic carbocycles. The van der Waals surface area contributed by atoms with Gasteiger partial charge in [-0.05, 0) is 48.8 Å². The van der Waals surface area contributed by atoms with E-state index in [-0.39, 0.29) is 16.9 Å². The Hall–Kier alpha value is -3.16. The molecule has 35 heavy (non-hydrogen) atoms. The van der Waals surface area contributed by atoms with Crippen LogP contribution in [-0.2, 0) is 14.8 Å². The molecule has 11 nitrogen and oxygen atoms in total. The Morgan fingerprint density at radius 1 is 1.00 bits per heavy atom. The predicted molar refractivity (Wildman–Crippen MR) is 130 cm³/mol. The molecule has 0 aromatic heterocycles. The van der Waals surface area contributed by atoms with Crippen molar-refractivity contribution in [3.63, 3.8) is 0 Å². The van der Waals surface area contributed by atoms with Crippen LogP contribution in [0.2, 0.25) is 0 Å². The lowest BCUT2D eigenvalue weighted by Crippen LogP contribution is -2.52. The van der Waals surface area contributed by atoms with Crippen molar-refractivity contribution in [3.05, 3.63) is 42.0 Å². The summed E-state index contributed by atoms with van der Waals surface area (Å²) in [6.45, 7) is 0.686. The monoisotopic (exact) mass is 525 g/mol. The molecule has 2 amide bonds. The fourth-order valence-corrected chi connectivity index (χ4v) is 4.90. The minimum absolute atomic E-state index is 0.0712. The largest absolute Gasteiger partial charge is 0.493 e. The molecule has 3 N–H and O–H groups in total. The van der Waals surface area contributed by atoms with Crippen LogP contribution in [0.1, 0.15) is 16.8 Å². The molecule has 0 radical (unpaired) electrons. The Kier molecular flexibility index (Phi) is 9.07. The first-order valence-corrected chi connectivity index (χ1v) is 13.4. The van der Waals surface area contributed by atoms with Crippen LogP contribution >= 0.6 is 11.8 Å². The number of nitrogens with one attached hydrogen (secondary N) is 3. The number of benzene rings is 2. The fourth-order valence-electron chi connectivity index (χ4n) is 3.18. The van der Waals surface area contributed by atoms with Crippen LogP contribution in [-0.4, -0.2) is 65.7 Å². The summed E-state index contributed by atoms with van der Waals surface area (Å²) in [6.07, 6.45) is 2.03. The van der Waals surface area contributed by atoms with Gasteiger partial charge in [0.15, 0.2) is 23.0 Å². The van der Waals surface area contributed by atoms with Gasteiger partial charge in [0.2, 0.25) is 10.0 Å². The molecule has 1 heterocycles. The standard InChI is InChI=1S/C22H27N3O8S2/c1-30-17-6-4-14(12-19(17)31-2)21(26)23-24-22(27)16(8-11-34-3)25-35(28,29)15-5-7-18-20(13-15)33-10-9-32-18/h4-7,12-13,16,25H,8-11H2,1-3H3,(H,23,26)(H,24,27)/t16-/m0/s1. The van der Waals surface area contributed by atoms with Crippen LogP contribution in [0, 0.1) is 0 Å². The summed E-state index contributed by atoms with van der Waals surface area (Å²) in [6, 6.07) is 7.60. The van der Waals surface area contributed by atoms with Gasteiger partial charge < -0.3 is 18.9 Å². The molecule has 0 unspecified atom stereocenters. The van der Waals surface area contributed by atoms with Gasteiger partial charge in [0, 0.05) is 11.6 Å². The van der Waals surface area contributed by atoms with Gasteiger partial charge in [0.05, 0.1) is 19.1 Å². The summed E-state index contributed by atoms with van der Waals surface area (Å²) >= 11 is 1.45. The van der Waals surface area contributed by atoms with Crippen molar-refractivity contribution in [2.45, 2.75) is 17.4 Å². The van der Waals surface area contributed by atoms with Crippen molar-refractivity contribution in [2.75, 3.05) is 39.4 Å². The number of carbonyl (C=O) groups is 2. The zero-order chi connectivity index (χ0) is 25.4. The van der Waals surface area contributed by atoms with Crippen molar-refractivity contribution in [1.82, 2.24) is 15.6 Å². The van der Waals surface area contributed by atoms with Crippen LogP contribution in [0.5, 0.6) is 23.0 Å². The van der Waals surface area contributed by atoms with Crippen molar-refractivity contribution >= 4 is 33.6 Å². The van der Waals surface area contributed by atoms with Gasteiger partial charge in [-0.25, -0.2) is 8.42 Å². The van der Waals surface area contributed by atoms with Gasteiger partial charge in [-0.1, -0.05) is 0 Å². The quantitative estimate of drug-likeness (QED) is 0.392. The first kappa shape index (κ1) is 26.4. The number of carbonyl (C=O) groups excluding carboxylic acids is 2. The number of sulfonamides is 1. The van der Waals surface area contributed by atoms with Gasteiger partial charge in [-0.15, -0.1) is 0 Å². The number of fused-ring (bicyclic) bond motifs is 1. The van der Waals surface area contributed by atoms with E-state index >= 15 is 0 Å². The van der Waals surface area contributed by atoms with Crippen LogP contribution in [0.3, 0.4) is 0 Å². The molecule has 3 rings (SSSR count). The predicted octanol–water partition coefficient (Wildman–Crippen LogP) is 1.34. The number of hydrogen-bond acceptors (Lipinski definition) is 9. The topological polar surface area (TPSA) is 141 Å². The third-order valence-corrected chi connectivity index (χ3v) is 7.11. The summed E-state index contributed by atoms with van der Waals surface area (Å²) in [7, 11) is -1.17. The molecule has 13 heteroatoms. The van der Waals surface area contributed by atoms with E-state index in [9.17, 15) is 18.0 Å². The number of thioether (sulfide) groups is 1. The molecule has 1 aliphatic rings. The Bertz CT molecular complexity index is 1170. The molecule has 0 fully saturated rings. The molecular weight excluding hydrogens is 498 g/mol. The van der Waals surface area contributed by atoms with Crippen molar-refractivity contribution in [2.24, 2.45) is 0 Å². The van der Waals surface area contributed by atoms with E-state index in [4.69, 9.17) is 18.9 Å². The Labute approximate surface area is 207 Å². The highest BCUT2D eigenvalue weighted by Gasteiger charge is 2.27. The summed E-state index contributed by atoms with van der Waals surface area (Å²) < 4.78 is 49.6. The zero-order valence-corrected chi connectivity index (χ0v) is 21.1. The van der Waals surface area contributed by atoms with E-state index < -0.39 is 27.9 Å². The number of ether oxygens (including phenoxy) is 4. The van der Waals surface area contributed by atoms with E-state index in [0.717, 1.165) is 0 Å². The highest BCUT2D eigenvalue weighted by molar-refractivity contribution is 7.98. The third-order valence-electron chi connectivity index (χ3n) is 4.99. The maximum atomic E-state index is 13.0. The number of hydrogen-bond donors (Lipinski definition) is 3. The van der Waals surface area contributed by atoms with E-state index in [1.54, 1.807) is 6.07 Å². The summed E-state index contributed by atoms with van der Waals surface area (Å²) in [5, 5.41) is 0. The highest BCUT2D eigenvalue weighted by Crippen LogP contribution is 2.32. The minimum atomic E-state index is -4.07. The lowest BCUT2D eigenvalue weighted by atomic mass is 10.2. The minimum Gasteiger partial charge on any atom is -0.493 e. The summed E-state index contributed by atoms with van der Waals surface area (Å²) in [4.78, 5) is 25.2. The SMILES string of the molecule is COc1ccc(C(=O)NNC(=O)[C@H](CCSC)NS(=O)(=O)c2ccc3c(c2)OCCO3)cc1OC. The first-order valence-electron chi connectivity index (χ1n) is 10.5. The number of methoxy groups -OCH3 is 2. The lowest BCUT2D eigenvalue weighted by molar-refractivity contribution is -0.123. The second-order valence-corrected chi connectivity index (χ2v) is 9.97. The fraction of sp³-hybridized carbons (Fsp3) is 0.364. The Morgan fingerprint density at radius 2 is 1.71 bits per heavy atom. The molecule has 1 aliphatic heterocycles. The van der Waals surface area contributed by atoms with E-state index in [2.05, 4.69) is 15.6 Å². The molecule has 0 saturated heterocycles. The maximum Gasteiger partial charge on any atom is 0.269 e. The van der Waals surface area contributed by atoms with Gasteiger partial charge in [-0.2, -0.15) is 16.5 Å². The summed E-state index contributed by atoms with van der Waals surface area (Å²) in [5.41, 5.74) is 4.80. The van der Waals surface area contributed by atoms with Crippen LogP contribution in [0.25, 0.3) is 0 Å². The second kappa shape index (κ2) is 12.0. The van der Waals surface area contributed by atoms with E-state index in [0.29, 0.717) is 42.0 Å². The molecule has 0 aliphatic carbocycles. The van der Waals surface area contributed by atoms with Gasteiger partial charge in [-0.3, -0.25) is 20.4 Å².